The Labute approximate surface area is 182 Å². The van der Waals surface area contributed by atoms with E-state index in [1.165, 1.54) is 5.56 Å². The largest absolute Gasteiger partial charge is 0.339 e. The lowest BCUT2D eigenvalue weighted by atomic mass is 10.1. The fourth-order valence-corrected chi connectivity index (χ4v) is 5.03. The number of sulfonamides is 1. The third kappa shape index (κ3) is 5.28. The molecule has 2 aromatic carbocycles. The zero-order chi connectivity index (χ0) is 21.7. The molecule has 1 fully saturated rings. The SMILES string of the molecule is O=C(CNS(=O)(=O)c1cccc2cnccc12)N1CCN(CCc2ccccc2)CC1. The molecule has 0 radical (unpaired) electrons. The molecule has 1 saturated heterocycles. The van der Waals surface area contributed by atoms with E-state index in [9.17, 15) is 13.2 Å². The van der Waals surface area contributed by atoms with Crippen LogP contribution in [0.4, 0.5) is 0 Å². The van der Waals surface area contributed by atoms with Crippen molar-refractivity contribution in [2.24, 2.45) is 0 Å². The number of amides is 1. The Hall–Kier alpha value is -2.81. The van der Waals surface area contributed by atoms with Gasteiger partial charge in [-0.3, -0.25) is 14.7 Å². The first kappa shape index (κ1) is 21.4. The minimum Gasteiger partial charge on any atom is -0.339 e. The monoisotopic (exact) mass is 438 g/mol. The Morgan fingerprint density at radius 2 is 1.74 bits per heavy atom. The van der Waals surface area contributed by atoms with Crippen molar-refractivity contribution in [3.05, 3.63) is 72.6 Å². The molecule has 8 heteroatoms. The third-order valence-electron chi connectivity index (χ3n) is 5.63. The maximum Gasteiger partial charge on any atom is 0.241 e. The minimum atomic E-state index is -3.81. The van der Waals surface area contributed by atoms with Crippen molar-refractivity contribution in [2.75, 3.05) is 39.3 Å². The number of benzene rings is 2. The van der Waals surface area contributed by atoms with E-state index in [1.54, 1.807) is 35.5 Å². The molecular formula is C23H26N4O3S. The van der Waals surface area contributed by atoms with Gasteiger partial charge in [0.15, 0.2) is 0 Å². The first-order chi connectivity index (χ1) is 15.0. The summed E-state index contributed by atoms with van der Waals surface area (Å²) in [6.07, 6.45) is 4.16. The van der Waals surface area contributed by atoms with Crippen LogP contribution in [0.15, 0.2) is 71.9 Å². The molecule has 0 aliphatic carbocycles. The van der Waals surface area contributed by atoms with Crippen LogP contribution in [0, 0.1) is 0 Å². The van der Waals surface area contributed by atoms with Crippen LogP contribution < -0.4 is 4.72 Å². The zero-order valence-corrected chi connectivity index (χ0v) is 18.1. The Bertz CT molecular complexity index is 1140. The number of piperazine rings is 1. The highest BCUT2D eigenvalue weighted by Gasteiger charge is 2.23. The van der Waals surface area contributed by atoms with Crippen LogP contribution in [-0.4, -0.2) is 68.4 Å². The van der Waals surface area contributed by atoms with Crippen LogP contribution in [0.3, 0.4) is 0 Å². The minimum absolute atomic E-state index is 0.158. The molecule has 3 aromatic rings. The van der Waals surface area contributed by atoms with Crippen LogP contribution in [0.2, 0.25) is 0 Å². The molecule has 0 spiro atoms. The molecule has 1 aromatic heterocycles. The van der Waals surface area contributed by atoms with Crippen LogP contribution >= 0.6 is 0 Å². The van der Waals surface area contributed by atoms with Crippen molar-refractivity contribution in [1.29, 1.82) is 0 Å². The molecule has 1 amide bonds. The number of pyridine rings is 1. The average Bonchev–Trinajstić information content (AvgIpc) is 2.82. The second-order valence-corrected chi connectivity index (χ2v) is 9.37. The predicted molar refractivity (Wildman–Crippen MR) is 120 cm³/mol. The van der Waals surface area contributed by atoms with Gasteiger partial charge in [0.1, 0.15) is 0 Å². The number of hydrogen-bond acceptors (Lipinski definition) is 5. The number of fused-ring (bicyclic) bond motifs is 1. The van der Waals surface area contributed by atoms with Gasteiger partial charge in [0.05, 0.1) is 11.4 Å². The van der Waals surface area contributed by atoms with Gasteiger partial charge in [-0.05, 0) is 24.1 Å². The molecule has 7 nitrogen and oxygen atoms in total. The van der Waals surface area contributed by atoms with Gasteiger partial charge < -0.3 is 4.90 Å². The number of hydrogen-bond donors (Lipinski definition) is 1. The van der Waals surface area contributed by atoms with E-state index in [2.05, 4.69) is 26.7 Å². The van der Waals surface area contributed by atoms with E-state index in [0.29, 0.717) is 18.5 Å². The Morgan fingerprint density at radius 1 is 0.968 bits per heavy atom. The number of aromatic nitrogens is 1. The van der Waals surface area contributed by atoms with Crippen LogP contribution in [0.5, 0.6) is 0 Å². The topological polar surface area (TPSA) is 82.6 Å². The van der Waals surface area contributed by atoms with Gasteiger partial charge in [-0.15, -0.1) is 0 Å². The maximum atomic E-state index is 12.8. The predicted octanol–water partition coefficient (Wildman–Crippen LogP) is 1.90. The van der Waals surface area contributed by atoms with Gasteiger partial charge in [-0.2, -0.15) is 0 Å². The standard InChI is InChI=1S/C23H26N4O3S/c28-23(27-15-13-26(14-16-27)12-10-19-5-2-1-3-6-19)18-25-31(29,30)22-8-4-7-20-17-24-11-9-21(20)22/h1-9,11,17,25H,10,12-16,18H2. The van der Waals surface area contributed by atoms with Crippen molar-refractivity contribution in [1.82, 2.24) is 19.5 Å². The summed E-state index contributed by atoms with van der Waals surface area (Å²) >= 11 is 0. The number of nitrogens with one attached hydrogen (secondary N) is 1. The van der Waals surface area contributed by atoms with E-state index in [4.69, 9.17) is 0 Å². The smallest absolute Gasteiger partial charge is 0.241 e. The van der Waals surface area contributed by atoms with E-state index >= 15 is 0 Å². The van der Waals surface area contributed by atoms with Crippen LogP contribution in [-0.2, 0) is 21.2 Å². The summed E-state index contributed by atoms with van der Waals surface area (Å²) in [6.45, 7) is 3.51. The highest BCUT2D eigenvalue weighted by Crippen LogP contribution is 2.21. The Morgan fingerprint density at radius 3 is 2.52 bits per heavy atom. The summed E-state index contributed by atoms with van der Waals surface area (Å²) in [4.78, 5) is 20.9. The van der Waals surface area contributed by atoms with Gasteiger partial charge in [-0.1, -0.05) is 42.5 Å². The molecule has 0 unspecified atom stereocenters. The molecule has 162 valence electrons. The molecule has 0 bridgehead atoms. The number of nitrogens with zero attached hydrogens (tertiary/aromatic N) is 3. The fraction of sp³-hybridized carbons (Fsp3) is 0.304. The van der Waals surface area contributed by atoms with E-state index in [-0.39, 0.29) is 17.3 Å². The fourth-order valence-electron chi connectivity index (χ4n) is 3.83. The second-order valence-electron chi connectivity index (χ2n) is 7.64. The summed E-state index contributed by atoms with van der Waals surface area (Å²) in [6, 6.07) is 17.0. The molecule has 1 aliphatic rings. The van der Waals surface area contributed by atoms with Crippen LogP contribution in [0.1, 0.15) is 5.56 Å². The van der Waals surface area contributed by atoms with E-state index < -0.39 is 10.0 Å². The first-order valence-electron chi connectivity index (χ1n) is 10.4. The number of carbonyl (C=O) groups is 1. The molecule has 0 atom stereocenters. The summed E-state index contributed by atoms with van der Waals surface area (Å²) in [5.41, 5.74) is 1.31. The Balaban J connectivity index is 1.29. The normalized spacial score (nSPS) is 15.3. The summed E-state index contributed by atoms with van der Waals surface area (Å²) in [5.74, 6) is -0.201. The van der Waals surface area contributed by atoms with Crippen LogP contribution in [0.25, 0.3) is 10.8 Å². The maximum absolute atomic E-state index is 12.8. The summed E-state index contributed by atoms with van der Waals surface area (Å²) in [7, 11) is -3.81. The Kier molecular flexibility index (Phi) is 6.60. The zero-order valence-electron chi connectivity index (χ0n) is 17.3. The second kappa shape index (κ2) is 9.55. The van der Waals surface area contributed by atoms with Gasteiger partial charge in [0.2, 0.25) is 15.9 Å². The molecule has 4 rings (SSSR count). The van der Waals surface area contributed by atoms with Gasteiger partial charge in [0.25, 0.3) is 0 Å². The molecule has 0 saturated carbocycles. The molecule has 1 N–H and O–H groups in total. The average molecular weight is 439 g/mol. The molecule has 31 heavy (non-hydrogen) atoms. The van der Waals surface area contributed by atoms with Gasteiger partial charge in [0, 0.05) is 55.9 Å². The van der Waals surface area contributed by atoms with Gasteiger partial charge >= 0.3 is 0 Å². The number of carbonyl (C=O) groups excluding carboxylic acids is 1. The molecular weight excluding hydrogens is 412 g/mol. The van der Waals surface area contributed by atoms with E-state index in [1.807, 2.05) is 24.3 Å². The lowest BCUT2D eigenvalue weighted by Gasteiger charge is -2.34. The van der Waals surface area contributed by atoms with Crippen molar-refractivity contribution in [3.8, 4) is 0 Å². The quantitative estimate of drug-likeness (QED) is 0.609. The number of rotatable bonds is 7. The van der Waals surface area contributed by atoms with Crippen molar-refractivity contribution in [3.63, 3.8) is 0 Å². The lowest BCUT2D eigenvalue weighted by Crippen LogP contribution is -2.51. The first-order valence-corrected chi connectivity index (χ1v) is 11.9. The van der Waals surface area contributed by atoms with Gasteiger partial charge in [-0.25, -0.2) is 13.1 Å². The molecule has 1 aliphatic heterocycles. The van der Waals surface area contributed by atoms with Crippen molar-refractivity contribution < 1.29 is 13.2 Å². The highest BCUT2D eigenvalue weighted by atomic mass is 32.2. The van der Waals surface area contributed by atoms with Crippen molar-refractivity contribution >= 4 is 26.7 Å². The van der Waals surface area contributed by atoms with Crippen molar-refractivity contribution in [2.45, 2.75) is 11.3 Å². The lowest BCUT2D eigenvalue weighted by molar-refractivity contribution is -0.131. The summed E-state index contributed by atoms with van der Waals surface area (Å²) < 4.78 is 28.1. The van der Waals surface area contributed by atoms with E-state index in [0.717, 1.165) is 31.4 Å². The highest BCUT2D eigenvalue weighted by molar-refractivity contribution is 7.89. The summed E-state index contributed by atoms with van der Waals surface area (Å²) in [5, 5.41) is 1.33. The molecule has 2 heterocycles. The third-order valence-corrected chi connectivity index (χ3v) is 7.09.